The van der Waals surface area contributed by atoms with Gasteiger partial charge in [0.25, 0.3) is 0 Å². The second kappa shape index (κ2) is 6.96. The van der Waals surface area contributed by atoms with E-state index >= 15 is 0 Å². The zero-order valence-corrected chi connectivity index (χ0v) is 16.0. The van der Waals surface area contributed by atoms with Crippen molar-refractivity contribution in [3.05, 3.63) is 63.6 Å². The molecule has 0 aliphatic carbocycles. The highest BCUT2D eigenvalue weighted by Gasteiger charge is 2.33. The third-order valence-corrected chi connectivity index (χ3v) is 4.86. The molecule has 0 radical (unpaired) electrons. The van der Waals surface area contributed by atoms with Crippen LogP contribution < -0.4 is 5.49 Å². The SMILES string of the molecule is Cc1c(C(C)/N=c2\nc(C)n(C)c3cnc(Cl)cc23)cccc1C(F)(F)F. The van der Waals surface area contributed by atoms with Crippen molar-refractivity contribution in [2.45, 2.75) is 33.0 Å². The first-order valence-corrected chi connectivity index (χ1v) is 8.67. The predicted octanol–water partition coefficient (Wildman–Crippen LogP) is 4.92. The Morgan fingerprint density at radius 2 is 1.93 bits per heavy atom. The standard InChI is InChI=1S/C19H18ClF3N4/c1-10-13(6-5-7-15(10)19(21,22)23)11(2)25-18-14-8-17(20)24-9-16(14)27(4)12(3)26-18/h5-9,11H,1-4H3/b25-18-. The third kappa shape index (κ3) is 3.69. The Morgan fingerprint density at radius 1 is 1.22 bits per heavy atom. The first-order valence-electron chi connectivity index (χ1n) is 8.29. The molecule has 1 unspecified atom stereocenters. The molecule has 3 aromatic rings. The number of aromatic nitrogens is 3. The zero-order chi connectivity index (χ0) is 19.9. The molecule has 2 heterocycles. The van der Waals surface area contributed by atoms with Crippen molar-refractivity contribution in [3.8, 4) is 0 Å². The van der Waals surface area contributed by atoms with Crippen molar-refractivity contribution in [2.24, 2.45) is 12.0 Å². The number of aryl methyl sites for hydroxylation is 2. The van der Waals surface area contributed by atoms with Crippen LogP contribution in [0.3, 0.4) is 0 Å². The number of alkyl halides is 3. The molecule has 0 N–H and O–H groups in total. The summed E-state index contributed by atoms with van der Waals surface area (Å²) in [5, 5.41) is 0.993. The summed E-state index contributed by atoms with van der Waals surface area (Å²) in [4.78, 5) is 13.2. The van der Waals surface area contributed by atoms with E-state index in [1.165, 1.54) is 13.0 Å². The number of hydrogen-bond acceptors (Lipinski definition) is 3. The number of nitrogens with zero attached hydrogens (tertiary/aromatic N) is 4. The molecule has 2 aromatic heterocycles. The third-order valence-electron chi connectivity index (χ3n) is 4.65. The summed E-state index contributed by atoms with van der Waals surface area (Å²) in [6.45, 7) is 5.04. The Morgan fingerprint density at radius 3 is 2.59 bits per heavy atom. The van der Waals surface area contributed by atoms with E-state index in [0.29, 0.717) is 27.4 Å². The number of benzene rings is 1. The van der Waals surface area contributed by atoms with E-state index < -0.39 is 17.8 Å². The van der Waals surface area contributed by atoms with Crippen LogP contribution in [0.1, 0.15) is 35.5 Å². The molecule has 0 spiro atoms. The van der Waals surface area contributed by atoms with E-state index in [9.17, 15) is 13.2 Å². The van der Waals surface area contributed by atoms with Crippen molar-refractivity contribution in [1.29, 1.82) is 0 Å². The first-order chi connectivity index (χ1) is 12.6. The van der Waals surface area contributed by atoms with Crippen molar-refractivity contribution in [2.75, 3.05) is 0 Å². The fourth-order valence-corrected chi connectivity index (χ4v) is 3.25. The molecule has 0 fully saturated rings. The Labute approximate surface area is 159 Å². The molecule has 0 saturated carbocycles. The lowest BCUT2D eigenvalue weighted by Crippen LogP contribution is -2.18. The maximum atomic E-state index is 13.2. The molecule has 0 saturated heterocycles. The highest BCUT2D eigenvalue weighted by atomic mass is 35.5. The van der Waals surface area contributed by atoms with Gasteiger partial charge in [-0.25, -0.2) is 9.97 Å². The normalized spacial score (nSPS) is 14.0. The van der Waals surface area contributed by atoms with Crippen LogP contribution >= 0.6 is 11.6 Å². The number of pyridine rings is 1. The largest absolute Gasteiger partial charge is 0.416 e. The predicted molar refractivity (Wildman–Crippen MR) is 98.4 cm³/mol. The van der Waals surface area contributed by atoms with Gasteiger partial charge >= 0.3 is 6.18 Å². The first kappa shape index (κ1) is 19.4. The topological polar surface area (TPSA) is 43.1 Å². The van der Waals surface area contributed by atoms with Crippen LogP contribution in [0.4, 0.5) is 13.2 Å². The Kier molecular flexibility index (Phi) is 4.99. The smallest absolute Gasteiger partial charge is 0.331 e. The zero-order valence-electron chi connectivity index (χ0n) is 15.3. The highest BCUT2D eigenvalue weighted by Crippen LogP contribution is 2.35. The molecule has 0 amide bonds. The number of halogens is 4. The van der Waals surface area contributed by atoms with Gasteiger partial charge in [-0.05, 0) is 44.0 Å². The Bertz CT molecular complexity index is 1090. The van der Waals surface area contributed by atoms with Gasteiger partial charge in [0.05, 0.1) is 23.3 Å². The molecule has 1 aromatic carbocycles. The van der Waals surface area contributed by atoms with Crippen molar-refractivity contribution < 1.29 is 13.2 Å². The number of hydrogen-bond donors (Lipinski definition) is 0. The second-order valence-electron chi connectivity index (χ2n) is 6.39. The average molecular weight is 395 g/mol. The van der Waals surface area contributed by atoms with Gasteiger partial charge in [-0.3, -0.25) is 4.99 Å². The lowest BCUT2D eigenvalue weighted by molar-refractivity contribution is -0.138. The maximum Gasteiger partial charge on any atom is 0.416 e. The number of fused-ring (bicyclic) bond motifs is 1. The van der Waals surface area contributed by atoms with Gasteiger partial charge in [0, 0.05) is 12.4 Å². The van der Waals surface area contributed by atoms with Crippen LogP contribution in [0.15, 0.2) is 35.5 Å². The summed E-state index contributed by atoms with van der Waals surface area (Å²) in [7, 11) is 1.85. The monoisotopic (exact) mass is 394 g/mol. The van der Waals surface area contributed by atoms with E-state index in [1.54, 1.807) is 25.3 Å². The van der Waals surface area contributed by atoms with Crippen molar-refractivity contribution in [3.63, 3.8) is 0 Å². The molecular formula is C19H18ClF3N4. The molecule has 0 aliphatic heterocycles. The van der Waals surface area contributed by atoms with Gasteiger partial charge in [-0.1, -0.05) is 23.7 Å². The summed E-state index contributed by atoms with van der Waals surface area (Å²) >= 11 is 6.02. The van der Waals surface area contributed by atoms with Crippen LogP contribution in [0.5, 0.6) is 0 Å². The molecular weight excluding hydrogens is 377 g/mol. The van der Waals surface area contributed by atoms with Gasteiger partial charge in [-0.2, -0.15) is 13.2 Å². The molecule has 27 heavy (non-hydrogen) atoms. The summed E-state index contributed by atoms with van der Waals surface area (Å²) in [6.07, 6.45) is -2.77. The lowest BCUT2D eigenvalue weighted by atomic mass is 9.97. The average Bonchev–Trinajstić information content (AvgIpc) is 2.58. The fourth-order valence-electron chi connectivity index (χ4n) is 3.10. The van der Waals surface area contributed by atoms with Crippen LogP contribution in [-0.2, 0) is 13.2 Å². The molecule has 0 aliphatic rings. The minimum absolute atomic E-state index is 0.170. The molecule has 0 bridgehead atoms. The molecule has 4 nitrogen and oxygen atoms in total. The van der Waals surface area contributed by atoms with Crippen LogP contribution in [-0.4, -0.2) is 14.5 Å². The molecule has 8 heteroatoms. The van der Waals surface area contributed by atoms with Crippen LogP contribution in [0, 0.1) is 13.8 Å². The minimum Gasteiger partial charge on any atom is -0.331 e. The quantitative estimate of drug-likeness (QED) is 0.579. The molecule has 1 atom stereocenters. The maximum absolute atomic E-state index is 13.2. The summed E-state index contributed by atoms with van der Waals surface area (Å²) in [5.74, 6) is 0.707. The van der Waals surface area contributed by atoms with Gasteiger partial charge in [0.2, 0.25) is 0 Å². The lowest BCUT2D eigenvalue weighted by Gasteiger charge is -2.16. The highest BCUT2D eigenvalue weighted by molar-refractivity contribution is 6.30. The van der Waals surface area contributed by atoms with Crippen LogP contribution in [0.25, 0.3) is 10.9 Å². The van der Waals surface area contributed by atoms with Gasteiger partial charge in [0.1, 0.15) is 11.0 Å². The minimum atomic E-state index is -4.40. The second-order valence-corrected chi connectivity index (χ2v) is 6.78. The number of rotatable bonds is 2. The Balaban J connectivity index is 2.21. The summed E-state index contributed by atoms with van der Waals surface area (Å²) < 4.78 is 41.5. The molecule has 3 rings (SSSR count). The van der Waals surface area contributed by atoms with Gasteiger partial charge in [0.15, 0.2) is 5.49 Å². The van der Waals surface area contributed by atoms with E-state index in [0.717, 1.165) is 11.6 Å². The van der Waals surface area contributed by atoms with Gasteiger partial charge in [-0.15, -0.1) is 0 Å². The summed E-state index contributed by atoms with van der Waals surface area (Å²) in [5.41, 5.74) is 1.24. The van der Waals surface area contributed by atoms with Crippen molar-refractivity contribution in [1.82, 2.24) is 14.5 Å². The van der Waals surface area contributed by atoms with E-state index in [2.05, 4.69) is 15.0 Å². The van der Waals surface area contributed by atoms with E-state index in [1.807, 2.05) is 18.5 Å². The van der Waals surface area contributed by atoms with Crippen LogP contribution in [0.2, 0.25) is 5.15 Å². The van der Waals surface area contributed by atoms with Gasteiger partial charge < -0.3 is 4.57 Å². The van der Waals surface area contributed by atoms with Crippen molar-refractivity contribution >= 4 is 22.5 Å². The molecule has 142 valence electrons. The fraction of sp³-hybridized carbons (Fsp3) is 0.316. The summed E-state index contributed by atoms with van der Waals surface area (Å²) in [6, 6.07) is 5.29. The van der Waals surface area contributed by atoms with E-state index in [4.69, 9.17) is 11.6 Å². The van der Waals surface area contributed by atoms with E-state index in [-0.39, 0.29) is 5.56 Å². The Hall–Kier alpha value is -2.41.